The van der Waals surface area contributed by atoms with Crippen molar-refractivity contribution in [3.63, 3.8) is 0 Å². The lowest BCUT2D eigenvalue weighted by Gasteiger charge is -2.39. The highest BCUT2D eigenvalue weighted by atomic mass is 28.4. The van der Waals surface area contributed by atoms with Gasteiger partial charge in [0.15, 0.2) is 8.32 Å². The van der Waals surface area contributed by atoms with Crippen molar-refractivity contribution in [2.45, 2.75) is 58.7 Å². The molecule has 0 aliphatic rings. The molecule has 0 atom stereocenters. The number of carbonyl (C=O) groups is 1. The van der Waals surface area contributed by atoms with Gasteiger partial charge in [0, 0.05) is 18.8 Å². The Morgan fingerprint density at radius 1 is 1.19 bits per heavy atom. The van der Waals surface area contributed by atoms with Crippen LogP contribution in [0.3, 0.4) is 0 Å². The van der Waals surface area contributed by atoms with Crippen LogP contribution in [0.5, 0.6) is 0 Å². The standard InChI is InChI=1S/C16H32O4Si/c1-8-20-21(6,7)16(4,5)10-9-11-18-12-13-19-15(17)14(2)3/h2,8-13H2,1,3-7H3. The van der Waals surface area contributed by atoms with Crippen LogP contribution in [0.25, 0.3) is 0 Å². The van der Waals surface area contributed by atoms with Crippen LogP contribution in [0.4, 0.5) is 0 Å². The Bertz CT molecular complexity index is 337. The first-order valence-corrected chi connectivity index (χ1v) is 10.6. The van der Waals surface area contributed by atoms with E-state index < -0.39 is 8.32 Å². The summed E-state index contributed by atoms with van der Waals surface area (Å²) in [7, 11) is -1.67. The monoisotopic (exact) mass is 316 g/mol. The maximum Gasteiger partial charge on any atom is 0.333 e. The third kappa shape index (κ3) is 7.78. The van der Waals surface area contributed by atoms with Crippen LogP contribution >= 0.6 is 0 Å². The van der Waals surface area contributed by atoms with Crippen molar-refractivity contribution in [1.29, 1.82) is 0 Å². The molecule has 0 bridgehead atoms. The van der Waals surface area contributed by atoms with E-state index in [0.29, 0.717) is 18.8 Å². The Morgan fingerprint density at radius 2 is 1.81 bits per heavy atom. The minimum atomic E-state index is -1.67. The molecule has 0 heterocycles. The van der Waals surface area contributed by atoms with Gasteiger partial charge in [-0.15, -0.1) is 0 Å². The quantitative estimate of drug-likeness (QED) is 0.251. The Balaban J connectivity index is 3.80. The molecule has 0 aliphatic heterocycles. The van der Waals surface area contributed by atoms with Gasteiger partial charge in [0.05, 0.1) is 6.61 Å². The molecule has 0 aliphatic carbocycles. The van der Waals surface area contributed by atoms with Crippen LogP contribution in [-0.2, 0) is 18.7 Å². The minimum Gasteiger partial charge on any atom is -0.460 e. The predicted octanol–water partition coefficient (Wildman–Crippen LogP) is 3.92. The summed E-state index contributed by atoms with van der Waals surface area (Å²) >= 11 is 0. The van der Waals surface area contributed by atoms with Crippen LogP contribution < -0.4 is 0 Å². The van der Waals surface area contributed by atoms with Crippen molar-refractivity contribution in [3.8, 4) is 0 Å². The predicted molar refractivity (Wildman–Crippen MR) is 89.0 cm³/mol. The fourth-order valence-corrected chi connectivity index (χ4v) is 3.78. The molecule has 0 N–H and O–H groups in total. The summed E-state index contributed by atoms with van der Waals surface area (Å²) in [6, 6.07) is 0. The fourth-order valence-electron chi connectivity index (χ4n) is 1.89. The zero-order chi connectivity index (χ0) is 16.5. The first-order chi connectivity index (χ1) is 9.64. The lowest BCUT2D eigenvalue weighted by atomic mass is 10.1. The number of rotatable bonds is 11. The second kappa shape index (κ2) is 9.38. The molecule has 4 nitrogen and oxygen atoms in total. The van der Waals surface area contributed by atoms with Crippen LogP contribution in [0.2, 0.25) is 18.1 Å². The highest BCUT2D eigenvalue weighted by molar-refractivity contribution is 6.74. The molecule has 0 amide bonds. The lowest BCUT2D eigenvalue weighted by molar-refractivity contribution is -0.140. The summed E-state index contributed by atoms with van der Waals surface area (Å²) in [4.78, 5) is 11.1. The Hall–Kier alpha value is -0.653. The zero-order valence-corrected chi connectivity index (χ0v) is 15.6. The van der Waals surface area contributed by atoms with E-state index >= 15 is 0 Å². The molecule has 5 heteroatoms. The summed E-state index contributed by atoms with van der Waals surface area (Å²) in [6.45, 7) is 18.5. The van der Waals surface area contributed by atoms with Crippen molar-refractivity contribution in [2.24, 2.45) is 0 Å². The zero-order valence-electron chi connectivity index (χ0n) is 14.6. The third-order valence-electron chi connectivity index (χ3n) is 4.03. The fraction of sp³-hybridized carbons (Fsp3) is 0.812. The van der Waals surface area contributed by atoms with Gasteiger partial charge in [-0.3, -0.25) is 0 Å². The summed E-state index contributed by atoms with van der Waals surface area (Å²) in [5, 5.41) is 0.221. The molecule has 0 aromatic heterocycles. The van der Waals surface area contributed by atoms with Gasteiger partial charge in [0.2, 0.25) is 0 Å². The van der Waals surface area contributed by atoms with E-state index in [9.17, 15) is 4.79 Å². The molecule has 21 heavy (non-hydrogen) atoms. The maximum atomic E-state index is 11.1. The van der Waals surface area contributed by atoms with Crippen molar-refractivity contribution in [1.82, 2.24) is 0 Å². The van der Waals surface area contributed by atoms with Gasteiger partial charge in [0.25, 0.3) is 0 Å². The van der Waals surface area contributed by atoms with Gasteiger partial charge >= 0.3 is 5.97 Å². The normalized spacial score (nSPS) is 12.3. The highest BCUT2D eigenvalue weighted by Gasteiger charge is 2.40. The van der Waals surface area contributed by atoms with Gasteiger partial charge in [-0.05, 0) is 44.8 Å². The molecule has 0 aromatic rings. The summed E-state index contributed by atoms with van der Waals surface area (Å²) in [5.41, 5.74) is 0.417. The van der Waals surface area contributed by atoms with Gasteiger partial charge < -0.3 is 13.9 Å². The van der Waals surface area contributed by atoms with Crippen LogP contribution in [0.15, 0.2) is 12.2 Å². The topological polar surface area (TPSA) is 44.8 Å². The van der Waals surface area contributed by atoms with Crippen LogP contribution in [-0.4, -0.2) is 40.7 Å². The third-order valence-corrected chi connectivity index (χ3v) is 8.55. The van der Waals surface area contributed by atoms with Gasteiger partial charge in [-0.2, -0.15) is 0 Å². The molecule has 0 unspecified atom stereocenters. The van der Waals surface area contributed by atoms with E-state index in [1.807, 2.05) is 0 Å². The van der Waals surface area contributed by atoms with E-state index in [2.05, 4.69) is 40.4 Å². The Labute approximate surface area is 131 Å². The van der Waals surface area contributed by atoms with E-state index in [4.69, 9.17) is 13.9 Å². The van der Waals surface area contributed by atoms with Gasteiger partial charge in [-0.25, -0.2) is 4.79 Å². The maximum absolute atomic E-state index is 11.1. The smallest absolute Gasteiger partial charge is 0.333 e. The second-order valence-electron chi connectivity index (χ2n) is 6.46. The first-order valence-electron chi connectivity index (χ1n) is 7.68. The number of esters is 1. The van der Waals surface area contributed by atoms with Crippen molar-refractivity contribution < 1.29 is 18.7 Å². The molecule has 0 fully saturated rings. The van der Waals surface area contributed by atoms with E-state index in [1.165, 1.54) is 0 Å². The molecular weight excluding hydrogens is 284 g/mol. The molecule has 0 rings (SSSR count). The number of hydrogen-bond donors (Lipinski definition) is 0. The molecule has 0 aromatic carbocycles. The Kier molecular flexibility index (Phi) is 9.09. The average molecular weight is 317 g/mol. The first kappa shape index (κ1) is 20.3. The van der Waals surface area contributed by atoms with Crippen molar-refractivity contribution >= 4 is 14.3 Å². The minimum absolute atomic E-state index is 0.221. The SMILES string of the molecule is C=C(C)C(=O)OCCOCCCC(C)(C)[Si](C)(C)OCC. The molecule has 0 saturated heterocycles. The second-order valence-corrected chi connectivity index (χ2v) is 11.1. The van der Waals surface area contributed by atoms with E-state index in [0.717, 1.165) is 19.4 Å². The van der Waals surface area contributed by atoms with Crippen LogP contribution in [0.1, 0.15) is 40.5 Å². The summed E-state index contributed by atoms with van der Waals surface area (Å²) in [6.07, 6.45) is 2.07. The summed E-state index contributed by atoms with van der Waals surface area (Å²) in [5.74, 6) is -0.357. The van der Waals surface area contributed by atoms with Crippen molar-refractivity contribution in [3.05, 3.63) is 12.2 Å². The lowest BCUT2D eigenvalue weighted by Crippen LogP contribution is -2.42. The van der Waals surface area contributed by atoms with Crippen LogP contribution in [0, 0.1) is 0 Å². The van der Waals surface area contributed by atoms with Gasteiger partial charge in [0.1, 0.15) is 6.61 Å². The van der Waals surface area contributed by atoms with E-state index in [1.54, 1.807) is 6.92 Å². The average Bonchev–Trinajstić information content (AvgIpc) is 2.36. The molecule has 0 saturated carbocycles. The largest absolute Gasteiger partial charge is 0.460 e. The molecule has 0 spiro atoms. The number of hydrogen-bond acceptors (Lipinski definition) is 4. The summed E-state index contributed by atoms with van der Waals surface area (Å²) < 4.78 is 16.4. The molecule has 124 valence electrons. The molecule has 0 radical (unpaired) electrons. The number of carbonyl (C=O) groups excluding carboxylic acids is 1. The van der Waals surface area contributed by atoms with Crippen molar-refractivity contribution in [2.75, 3.05) is 26.4 Å². The van der Waals surface area contributed by atoms with E-state index in [-0.39, 0.29) is 17.6 Å². The molecular formula is C16H32O4Si. The number of ether oxygens (including phenoxy) is 2. The Morgan fingerprint density at radius 3 is 2.33 bits per heavy atom. The highest BCUT2D eigenvalue weighted by Crippen LogP contribution is 2.41. The van der Waals surface area contributed by atoms with Gasteiger partial charge in [-0.1, -0.05) is 20.4 Å².